The first-order valence-electron chi connectivity index (χ1n) is 7.78. The minimum atomic E-state index is 0.0933. The van der Waals surface area contributed by atoms with E-state index in [1.165, 1.54) is 17.9 Å². The van der Waals surface area contributed by atoms with E-state index in [4.69, 9.17) is 0 Å². The molecule has 2 saturated heterocycles. The standard InChI is InChI=1S/C16H23N3OS/c1-13-4-2-6-17-15(13)16(20)19-8-3-7-18(9-10-19)14-5-11-21-12-14/h2,4,6,14H,3,5,7-12H2,1H3. The average molecular weight is 305 g/mol. The Morgan fingerprint density at radius 3 is 3.00 bits per heavy atom. The van der Waals surface area contributed by atoms with Crippen LogP contribution in [0.3, 0.4) is 0 Å². The molecule has 0 aliphatic carbocycles. The van der Waals surface area contributed by atoms with Crippen molar-refractivity contribution in [1.29, 1.82) is 0 Å². The Bertz CT molecular complexity index is 502. The van der Waals surface area contributed by atoms with Gasteiger partial charge in [-0.1, -0.05) is 6.07 Å². The summed E-state index contributed by atoms with van der Waals surface area (Å²) in [5.74, 6) is 2.64. The van der Waals surface area contributed by atoms with Gasteiger partial charge in [0.15, 0.2) is 0 Å². The predicted octanol–water partition coefficient (Wildman–Crippen LogP) is 2.04. The third-order valence-electron chi connectivity index (χ3n) is 4.45. The number of aromatic nitrogens is 1. The van der Waals surface area contributed by atoms with Gasteiger partial charge < -0.3 is 4.90 Å². The quantitative estimate of drug-likeness (QED) is 0.838. The highest BCUT2D eigenvalue weighted by Crippen LogP contribution is 2.23. The number of hydrogen-bond donors (Lipinski definition) is 0. The third kappa shape index (κ3) is 3.40. The summed E-state index contributed by atoms with van der Waals surface area (Å²) in [4.78, 5) is 21.5. The minimum Gasteiger partial charge on any atom is -0.336 e. The van der Waals surface area contributed by atoms with E-state index >= 15 is 0 Å². The first kappa shape index (κ1) is 14.9. The summed E-state index contributed by atoms with van der Waals surface area (Å²) in [6.45, 7) is 5.76. The molecule has 3 rings (SSSR count). The molecule has 0 aromatic carbocycles. The smallest absolute Gasteiger partial charge is 0.272 e. The lowest BCUT2D eigenvalue weighted by molar-refractivity contribution is 0.0752. The van der Waals surface area contributed by atoms with Gasteiger partial charge in [-0.3, -0.25) is 14.7 Å². The topological polar surface area (TPSA) is 36.4 Å². The van der Waals surface area contributed by atoms with Gasteiger partial charge in [0.2, 0.25) is 0 Å². The van der Waals surface area contributed by atoms with Crippen LogP contribution in [0, 0.1) is 6.92 Å². The van der Waals surface area contributed by atoms with Crippen LogP contribution in [0.25, 0.3) is 0 Å². The van der Waals surface area contributed by atoms with Crippen LogP contribution in [-0.4, -0.2) is 64.4 Å². The van der Waals surface area contributed by atoms with Gasteiger partial charge in [-0.05, 0) is 37.1 Å². The Morgan fingerprint density at radius 1 is 1.33 bits per heavy atom. The zero-order chi connectivity index (χ0) is 14.7. The highest BCUT2D eigenvalue weighted by atomic mass is 32.2. The van der Waals surface area contributed by atoms with Gasteiger partial charge in [0.1, 0.15) is 5.69 Å². The summed E-state index contributed by atoms with van der Waals surface area (Å²) in [5.41, 5.74) is 1.58. The van der Waals surface area contributed by atoms with Crippen LogP contribution in [0.15, 0.2) is 18.3 Å². The molecule has 1 aromatic rings. The summed E-state index contributed by atoms with van der Waals surface area (Å²) >= 11 is 2.06. The molecule has 3 heterocycles. The Morgan fingerprint density at radius 2 is 2.24 bits per heavy atom. The van der Waals surface area contributed by atoms with Crippen LogP contribution in [-0.2, 0) is 0 Å². The molecule has 0 saturated carbocycles. The van der Waals surface area contributed by atoms with Crippen molar-refractivity contribution in [1.82, 2.24) is 14.8 Å². The molecule has 2 aliphatic heterocycles. The number of hydrogen-bond acceptors (Lipinski definition) is 4. The van der Waals surface area contributed by atoms with Gasteiger partial charge in [-0.2, -0.15) is 11.8 Å². The minimum absolute atomic E-state index is 0.0933. The van der Waals surface area contributed by atoms with Crippen molar-refractivity contribution in [2.45, 2.75) is 25.8 Å². The second kappa shape index (κ2) is 6.79. The highest BCUT2D eigenvalue weighted by Gasteiger charge is 2.27. The van der Waals surface area contributed by atoms with E-state index < -0.39 is 0 Å². The fourth-order valence-corrected chi connectivity index (χ4v) is 4.43. The maximum Gasteiger partial charge on any atom is 0.272 e. The summed E-state index contributed by atoms with van der Waals surface area (Å²) in [5, 5.41) is 0. The normalized spacial score (nSPS) is 24.0. The number of aryl methyl sites for hydroxylation is 1. The lowest BCUT2D eigenvalue weighted by atomic mass is 10.2. The molecule has 0 bridgehead atoms. The monoisotopic (exact) mass is 305 g/mol. The van der Waals surface area contributed by atoms with Crippen LogP contribution >= 0.6 is 11.8 Å². The Labute approximate surface area is 130 Å². The Kier molecular flexibility index (Phi) is 4.80. The number of carbonyl (C=O) groups excluding carboxylic acids is 1. The zero-order valence-corrected chi connectivity index (χ0v) is 13.4. The number of pyridine rings is 1. The van der Waals surface area contributed by atoms with Crippen molar-refractivity contribution < 1.29 is 4.79 Å². The summed E-state index contributed by atoms with van der Waals surface area (Å²) in [6, 6.07) is 4.57. The molecule has 2 aliphatic rings. The fraction of sp³-hybridized carbons (Fsp3) is 0.625. The van der Waals surface area contributed by atoms with Crippen molar-refractivity contribution in [3.8, 4) is 0 Å². The molecule has 1 aromatic heterocycles. The van der Waals surface area contributed by atoms with Crippen LogP contribution in [0.2, 0.25) is 0 Å². The fourth-order valence-electron chi connectivity index (χ4n) is 3.18. The summed E-state index contributed by atoms with van der Waals surface area (Å²) < 4.78 is 0. The van der Waals surface area contributed by atoms with Crippen molar-refractivity contribution in [2.75, 3.05) is 37.7 Å². The molecule has 0 N–H and O–H groups in total. The largest absolute Gasteiger partial charge is 0.336 e. The molecule has 0 radical (unpaired) electrons. The second-order valence-electron chi connectivity index (χ2n) is 5.87. The molecule has 2 fully saturated rings. The Balaban J connectivity index is 1.64. The number of thioether (sulfide) groups is 1. The molecule has 1 amide bonds. The lowest BCUT2D eigenvalue weighted by Gasteiger charge is -2.26. The highest BCUT2D eigenvalue weighted by molar-refractivity contribution is 7.99. The van der Waals surface area contributed by atoms with Crippen LogP contribution in [0.5, 0.6) is 0 Å². The Hall–Kier alpha value is -1.07. The summed E-state index contributed by atoms with van der Waals surface area (Å²) in [7, 11) is 0. The van der Waals surface area contributed by atoms with Crippen LogP contribution in [0.1, 0.15) is 28.9 Å². The molecular formula is C16H23N3OS. The maximum absolute atomic E-state index is 12.6. The first-order chi connectivity index (χ1) is 10.3. The van der Waals surface area contributed by atoms with Gasteiger partial charge in [0, 0.05) is 44.2 Å². The van der Waals surface area contributed by atoms with Gasteiger partial charge in [0.25, 0.3) is 5.91 Å². The van der Waals surface area contributed by atoms with E-state index in [0.717, 1.165) is 44.2 Å². The molecule has 1 unspecified atom stereocenters. The molecular weight excluding hydrogens is 282 g/mol. The van der Waals surface area contributed by atoms with Crippen LogP contribution in [0.4, 0.5) is 0 Å². The van der Waals surface area contributed by atoms with Crippen LogP contribution < -0.4 is 0 Å². The average Bonchev–Trinajstić information content (AvgIpc) is 2.92. The van der Waals surface area contributed by atoms with E-state index in [0.29, 0.717) is 5.69 Å². The van der Waals surface area contributed by atoms with Crippen molar-refractivity contribution in [3.05, 3.63) is 29.6 Å². The maximum atomic E-state index is 12.6. The number of amides is 1. The molecule has 0 spiro atoms. The van der Waals surface area contributed by atoms with Gasteiger partial charge in [-0.25, -0.2) is 0 Å². The van der Waals surface area contributed by atoms with Crippen molar-refractivity contribution in [3.63, 3.8) is 0 Å². The molecule has 21 heavy (non-hydrogen) atoms. The number of carbonyl (C=O) groups is 1. The first-order valence-corrected chi connectivity index (χ1v) is 8.94. The third-order valence-corrected chi connectivity index (χ3v) is 5.60. The van der Waals surface area contributed by atoms with Gasteiger partial charge in [-0.15, -0.1) is 0 Å². The molecule has 114 valence electrons. The van der Waals surface area contributed by atoms with Crippen molar-refractivity contribution in [2.24, 2.45) is 0 Å². The van der Waals surface area contributed by atoms with Gasteiger partial charge >= 0.3 is 0 Å². The van der Waals surface area contributed by atoms with E-state index in [1.54, 1.807) is 6.20 Å². The van der Waals surface area contributed by atoms with Crippen molar-refractivity contribution >= 4 is 17.7 Å². The van der Waals surface area contributed by atoms with E-state index in [-0.39, 0.29) is 5.91 Å². The molecule has 4 nitrogen and oxygen atoms in total. The second-order valence-corrected chi connectivity index (χ2v) is 7.02. The van der Waals surface area contributed by atoms with E-state index in [2.05, 4.69) is 21.6 Å². The molecule has 5 heteroatoms. The summed E-state index contributed by atoms with van der Waals surface area (Å²) in [6.07, 6.45) is 4.08. The van der Waals surface area contributed by atoms with E-state index in [1.807, 2.05) is 24.0 Å². The zero-order valence-electron chi connectivity index (χ0n) is 12.6. The number of rotatable bonds is 2. The van der Waals surface area contributed by atoms with E-state index in [9.17, 15) is 4.79 Å². The number of nitrogens with zero attached hydrogens (tertiary/aromatic N) is 3. The lowest BCUT2D eigenvalue weighted by Crippen LogP contribution is -2.39. The predicted molar refractivity (Wildman–Crippen MR) is 86.8 cm³/mol. The van der Waals surface area contributed by atoms with Gasteiger partial charge in [0.05, 0.1) is 0 Å². The molecule has 1 atom stereocenters. The SMILES string of the molecule is Cc1cccnc1C(=O)N1CCCN(C2CCSC2)CC1.